The van der Waals surface area contributed by atoms with Crippen molar-refractivity contribution in [3.05, 3.63) is 21.7 Å². The molecule has 0 radical (unpaired) electrons. The average molecular weight is 248 g/mol. The number of anilines is 1. The van der Waals surface area contributed by atoms with E-state index >= 15 is 0 Å². The molecular formula is C7H3F3N4O3. The highest BCUT2D eigenvalue weighted by Crippen LogP contribution is 2.34. The lowest BCUT2D eigenvalue weighted by Gasteiger charge is -2.09. The molecule has 0 unspecified atom stereocenters. The van der Waals surface area contributed by atoms with Crippen LogP contribution in [0.15, 0.2) is 6.07 Å². The Balaban J connectivity index is 3.44. The van der Waals surface area contributed by atoms with E-state index in [4.69, 9.17) is 11.0 Å². The molecule has 90 valence electrons. The molecule has 0 aliphatic carbocycles. The summed E-state index contributed by atoms with van der Waals surface area (Å²) in [6.45, 7) is 0. The first-order valence-corrected chi connectivity index (χ1v) is 3.85. The molecule has 0 saturated heterocycles. The number of nitrogens with zero attached hydrogens (tertiary/aromatic N) is 3. The van der Waals surface area contributed by atoms with Gasteiger partial charge in [0.15, 0.2) is 0 Å². The maximum atomic E-state index is 12.0. The maximum Gasteiger partial charge on any atom is 0.573 e. The van der Waals surface area contributed by atoms with E-state index < -0.39 is 34.2 Å². The standard InChI is InChI=1S/C7H3F3N4O3/c8-7(9,10)17-5-3(2-11)1-4(12)13-6(5)14(15)16/h1H,(H2,12,13). The van der Waals surface area contributed by atoms with Gasteiger partial charge in [0, 0.05) is 6.07 Å². The van der Waals surface area contributed by atoms with Gasteiger partial charge in [0.2, 0.25) is 11.6 Å². The third kappa shape index (κ3) is 2.94. The van der Waals surface area contributed by atoms with Gasteiger partial charge >= 0.3 is 12.2 Å². The van der Waals surface area contributed by atoms with Crippen molar-refractivity contribution in [2.24, 2.45) is 0 Å². The van der Waals surface area contributed by atoms with Crippen LogP contribution in [0, 0.1) is 21.4 Å². The van der Waals surface area contributed by atoms with Crippen molar-refractivity contribution in [2.45, 2.75) is 6.36 Å². The first-order valence-electron chi connectivity index (χ1n) is 3.85. The van der Waals surface area contributed by atoms with Crippen LogP contribution in [0.1, 0.15) is 5.56 Å². The SMILES string of the molecule is N#Cc1cc(N)nc([N+](=O)[O-])c1OC(F)(F)F. The largest absolute Gasteiger partial charge is 0.573 e. The lowest BCUT2D eigenvalue weighted by molar-refractivity contribution is -0.393. The predicted octanol–water partition coefficient (Wildman–Crippen LogP) is 1.34. The van der Waals surface area contributed by atoms with Gasteiger partial charge in [0.25, 0.3) is 0 Å². The van der Waals surface area contributed by atoms with Crippen molar-refractivity contribution in [3.8, 4) is 11.8 Å². The second-order valence-electron chi connectivity index (χ2n) is 2.66. The molecule has 0 aromatic carbocycles. The van der Waals surface area contributed by atoms with E-state index in [1.807, 2.05) is 0 Å². The number of nitrogen functional groups attached to an aromatic ring is 1. The van der Waals surface area contributed by atoms with Crippen molar-refractivity contribution in [1.29, 1.82) is 5.26 Å². The Labute approximate surface area is 91.4 Å². The van der Waals surface area contributed by atoms with E-state index in [2.05, 4.69) is 9.72 Å². The minimum Gasteiger partial charge on any atom is -0.395 e. The van der Waals surface area contributed by atoms with Crippen LogP contribution >= 0.6 is 0 Å². The number of pyridine rings is 1. The van der Waals surface area contributed by atoms with Crippen molar-refractivity contribution >= 4 is 11.6 Å². The van der Waals surface area contributed by atoms with Crippen molar-refractivity contribution < 1.29 is 22.8 Å². The number of nitrogens with two attached hydrogens (primary N) is 1. The first-order chi connectivity index (χ1) is 7.74. The molecule has 0 fully saturated rings. The lowest BCUT2D eigenvalue weighted by Crippen LogP contribution is -2.19. The second kappa shape index (κ2) is 4.12. The number of aromatic nitrogens is 1. The number of alkyl halides is 3. The molecule has 0 saturated carbocycles. The third-order valence-electron chi connectivity index (χ3n) is 1.49. The third-order valence-corrected chi connectivity index (χ3v) is 1.49. The fraction of sp³-hybridized carbons (Fsp3) is 0.143. The fourth-order valence-electron chi connectivity index (χ4n) is 0.962. The highest BCUT2D eigenvalue weighted by Gasteiger charge is 2.37. The van der Waals surface area contributed by atoms with Crippen LogP contribution in [0.5, 0.6) is 5.75 Å². The number of hydrogen-bond acceptors (Lipinski definition) is 6. The summed E-state index contributed by atoms with van der Waals surface area (Å²) in [6.07, 6.45) is -5.17. The molecule has 0 aliphatic heterocycles. The molecule has 1 heterocycles. The zero-order chi connectivity index (χ0) is 13.2. The van der Waals surface area contributed by atoms with Crippen LogP contribution < -0.4 is 10.5 Å². The molecule has 1 rings (SSSR count). The van der Waals surface area contributed by atoms with E-state index in [1.54, 1.807) is 0 Å². The molecule has 1 aromatic rings. The smallest absolute Gasteiger partial charge is 0.395 e. The maximum absolute atomic E-state index is 12.0. The normalized spacial score (nSPS) is 10.7. The van der Waals surface area contributed by atoms with E-state index in [0.29, 0.717) is 0 Å². The van der Waals surface area contributed by atoms with Crippen LogP contribution in [-0.2, 0) is 0 Å². The lowest BCUT2D eigenvalue weighted by atomic mass is 10.2. The van der Waals surface area contributed by atoms with Gasteiger partial charge in [-0.1, -0.05) is 0 Å². The summed E-state index contributed by atoms with van der Waals surface area (Å²) in [5, 5.41) is 19.0. The molecule has 0 atom stereocenters. The number of hydrogen-bond donors (Lipinski definition) is 1. The Kier molecular flexibility index (Phi) is 3.03. The molecular weight excluding hydrogens is 245 g/mol. The predicted molar refractivity (Wildman–Crippen MR) is 46.7 cm³/mol. The van der Waals surface area contributed by atoms with Gasteiger partial charge in [-0.25, -0.2) is 0 Å². The topological polar surface area (TPSA) is 115 Å². The Morgan fingerprint density at radius 3 is 2.59 bits per heavy atom. The molecule has 0 bridgehead atoms. The molecule has 1 aromatic heterocycles. The van der Waals surface area contributed by atoms with E-state index in [0.717, 1.165) is 6.07 Å². The summed E-state index contributed by atoms with van der Waals surface area (Å²) in [4.78, 5) is 12.3. The molecule has 0 aliphatic rings. The number of rotatable bonds is 2. The van der Waals surface area contributed by atoms with Gasteiger partial charge in [-0.2, -0.15) is 5.26 Å². The van der Waals surface area contributed by atoms with Crippen molar-refractivity contribution in [3.63, 3.8) is 0 Å². The van der Waals surface area contributed by atoms with E-state index in [1.165, 1.54) is 6.07 Å². The van der Waals surface area contributed by atoms with E-state index in [-0.39, 0.29) is 0 Å². The van der Waals surface area contributed by atoms with Crippen molar-refractivity contribution in [1.82, 2.24) is 4.98 Å². The minimum atomic E-state index is -5.17. The molecule has 10 heteroatoms. The number of halogens is 3. The summed E-state index contributed by atoms with van der Waals surface area (Å²) in [5.41, 5.74) is 4.38. The molecule has 7 nitrogen and oxygen atoms in total. The van der Waals surface area contributed by atoms with Gasteiger partial charge in [-0.15, -0.1) is 13.2 Å². The molecule has 0 spiro atoms. The second-order valence-corrected chi connectivity index (χ2v) is 2.66. The number of ether oxygens (including phenoxy) is 1. The summed E-state index contributed by atoms with van der Waals surface area (Å²) in [6, 6.07) is 2.05. The first kappa shape index (κ1) is 12.5. The van der Waals surface area contributed by atoms with Gasteiger partial charge in [-0.3, -0.25) is 0 Å². The zero-order valence-electron chi connectivity index (χ0n) is 7.85. The molecule has 17 heavy (non-hydrogen) atoms. The van der Waals surface area contributed by atoms with Crippen LogP contribution in [0.3, 0.4) is 0 Å². The van der Waals surface area contributed by atoms with Crippen LogP contribution in [-0.4, -0.2) is 16.3 Å². The Morgan fingerprint density at radius 1 is 1.59 bits per heavy atom. The van der Waals surface area contributed by atoms with Gasteiger partial charge < -0.3 is 20.6 Å². The Hall–Kier alpha value is -2.57. The van der Waals surface area contributed by atoms with Crippen molar-refractivity contribution in [2.75, 3.05) is 5.73 Å². The van der Waals surface area contributed by atoms with E-state index in [9.17, 15) is 23.3 Å². The van der Waals surface area contributed by atoms with Gasteiger partial charge in [0.05, 0.1) is 0 Å². The molecule has 0 amide bonds. The monoisotopic (exact) mass is 248 g/mol. The Bertz CT molecular complexity index is 508. The number of nitriles is 1. The molecule has 2 N–H and O–H groups in total. The average Bonchev–Trinajstić information content (AvgIpc) is 2.17. The van der Waals surface area contributed by atoms with Gasteiger partial charge in [0.1, 0.15) is 11.6 Å². The summed E-state index contributed by atoms with van der Waals surface area (Å²) >= 11 is 0. The minimum absolute atomic E-state index is 0.456. The summed E-state index contributed by atoms with van der Waals surface area (Å²) in [5.74, 6) is -3.00. The fourth-order valence-corrected chi connectivity index (χ4v) is 0.962. The quantitative estimate of drug-likeness (QED) is 0.623. The van der Waals surface area contributed by atoms with Crippen LogP contribution in [0.4, 0.5) is 24.8 Å². The summed E-state index contributed by atoms with van der Waals surface area (Å²) in [7, 11) is 0. The highest BCUT2D eigenvalue weighted by molar-refractivity contribution is 5.57. The highest BCUT2D eigenvalue weighted by atomic mass is 19.4. The van der Waals surface area contributed by atoms with Gasteiger partial charge in [-0.05, 0) is 9.91 Å². The Morgan fingerprint density at radius 2 is 2.18 bits per heavy atom. The number of nitro groups is 1. The zero-order valence-corrected chi connectivity index (χ0v) is 7.85. The van der Waals surface area contributed by atoms with Crippen LogP contribution in [0.2, 0.25) is 0 Å². The summed E-state index contributed by atoms with van der Waals surface area (Å²) < 4.78 is 39.4. The van der Waals surface area contributed by atoms with Crippen LogP contribution in [0.25, 0.3) is 0 Å².